The summed E-state index contributed by atoms with van der Waals surface area (Å²) in [6.07, 6.45) is 0.134. The van der Waals surface area contributed by atoms with Crippen molar-refractivity contribution in [2.75, 3.05) is 13.2 Å². The first-order chi connectivity index (χ1) is 9.80. The molecule has 0 atom stereocenters. The molecule has 1 aromatic rings. The first kappa shape index (κ1) is 17.0. The van der Waals surface area contributed by atoms with E-state index in [2.05, 4.69) is 5.32 Å². The van der Waals surface area contributed by atoms with E-state index in [1.165, 1.54) is 0 Å². The zero-order valence-electron chi connectivity index (χ0n) is 13.1. The predicted molar refractivity (Wildman–Crippen MR) is 80.2 cm³/mol. The van der Waals surface area contributed by atoms with E-state index in [9.17, 15) is 9.59 Å². The Kier molecular flexibility index (Phi) is 6.21. The molecule has 0 aliphatic rings. The SMILES string of the molecule is CCOc1ccc(CC(=O)OCC(=O)NC(C)(C)C)cc1. The number of hydrogen-bond acceptors (Lipinski definition) is 4. The topological polar surface area (TPSA) is 64.6 Å². The monoisotopic (exact) mass is 293 g/mol. The van der Waals surface area contributed by atoms with Crippen LogP contribution >= 0.6 is 0 Å². The van der Waals surface area contributed by atoms with Crippen LogP contribution in [0.1, 0.15) is 33.3 Å². The van der Waals surface area contributed by atoms with E-state index in [1.807, 2.05) is 39.8 Å². The van der Waals surface area contributed by atoms with Crippen LogP contribution in [0.15, 0.2) is 24.3 Å². The Morgan fingerprint density at radius 3 is 2.29 bits per heavy atom. The molecule has 0 radical (unpaired) electrons. The standard InChI is InChI=1S/C16H23NO4/c1-5-20-13-8-6-12(7-9-13)10-15(19)21-11-14(18)17-16(2,3)4/h6-9H,5,10-11H2,1-4H3,(H,17,18). The Balaban J connectivity index is 2.38. The lowest BCUT2D eigenvalue weighted by molar-refractivity contribution is -0.148. The molecule has 5 heteroatoms. The summed E-state index contributed by atoms with van der Waals surface area (Å²) in [6.45, 7) is 7.86. The quantitative estimate of drug-likeness (QED) is 0.816. The van der Waals surface area contributed by atoms with Crippen LogP contribution in [0, 0.1) is 0 Å². The average molecular weight is 293 g/mol. The molecule has 0 aliphatic carbocycles. The Hall–Kier alpha value is -2.04. The van der Waals surface area contributed by atoms with Gasteiger partial charge in [-0.3, -0.25) is 9.59 Å². The second kappa shape index (κ2) is 7.67. The van der Waals surface area contributed by atoms with Gasteiger partial charge in [-0.15, -0.1) is 0 Å². The first-order valence-corrected chi connectivity index (χ1v) is 6.98. The van der Waals surface area contributed by atoms with Gasteiger partial charge in [-0.25, -0.2) is 0 Å². The summed E-state index contributed by atoms with van der Waals surface area (Å²) in [4.78, 5) is 23.2. The van der Waals surface area contributed by atoms with E-state index in [1.54, 1.807) is 12.1 Å². The number of hydrogen-bond donors (Lipinski definition) is 1. The molecule has 116 valence electrons. The van der Waals surface area contributed by atoms with Gasteiger partial charge in [0.1, 0.15) is 5.75 Å². The van der Waals surface area contributed by atoms with Crippen molar-refractivity contribution in [1.29, 1.82) is 0 Å². The van der Waals surface area contributed by atoms with Gasteiger partial charge < -0.3 is 14.8 Å². The van der Waals surface area contributed by atoms with Crippen molar-refractivity contribution in [2.45, 2.75) is 39.7 Å². The summed E-state index contributed by atoms with van der Waals surface area (Å²) in [7, 11) is 0. The Labute approximate surface area is 125 Å². The third-order valence-electron chi connectivity index (χ3n) is 2.46. The molecular weight excluding hydrogens is 270 g/mol. The fraction of sp³-hybridized carbons (Fsp3) is 0.500. The highest BCUT2D eigenvalue weighted by Crippen LogP contribution is 2.12. The van der Waals surface area contributed by atoms with Crippen LogP contribution < -0.4 is 10.1 Å². The van der Waals surface area contributed by atoms with E-state index in [4.69, 9.17) is 9.47 Å². The molecule has 0 unspecified atom stereocenters. The lowest BCUT2D eigenvalue weighted by Gasteiger charge is -2.20. The Morgan fingerprint density at radius 1 is 1.14 bits per heavy atom. The molecule has 0 bridgehead atoms. The largest absolute Gasteiger partial charge is 0.494 e. The summed E-state index contributed by atoms with van der Waals surface area (Å²) < 4.78 is 10.3. The highest BCUT2D eigenvalue weighted by atomic mass is 16.5. The Morgan fingerprint density at radius 2 is 1.76 bits per heavy atom. The minimum atomic E-state index is -0.428. The van der Waals surface area contributed by atoms with Gasteiger partial charge in [-0.2, -0.15) is 0 Å². The van der Waals surface area contributed by atoms with E-state index >= 15 is 0 Å². The van der Waals surface area contributed by atoms with Crippen molar-refractivity contribution in [1.82, 2.24) is 5.32 Å². The lowest BCUT2D eigenvalue weighted by Crippen LogP contribution is -2.42. The van der Waals surface area contributed by atoms with Gasteiger partial charge in [0, 0.05) is 5.54 Å². The van der Waals surface area contributed by atoms with Gasteiger partial charge in [0.05, 0.1) is 13.0 Å². The van der Waals surface area contributed by atoms with Crippen LogP contribution in [0.3, 0.4) is 0 Å². The summed E-state index contributed by atoms with van der Waals surface area (Å²) >= 11 is 0. The Bertz CT molecular complexity index is 474. The highest BCUT2D eigenvalue weighted by Gasteiger charge is 2.15. The zero-order chi connectivity index (χ0) is 15.9. The fourth-order valence-electron chi connectivity index (χ4n) is 1.69. The number of nitrogens with one attached hydrogen (secondary N) is 1. The number of carbonyl (C=O) groups is 2. The molecule has 1 rings (SSSR count). The van der Waals surface area contributed by atoms with Gasteiger partial charge in [0.25, 0.3) is 5.91 Å². The van der Waals surface area contributed by atoms with Crippen LogP contribution in [0.2, 0.25) is 0 Å². The number of esters is 1. The van der Waals surface area contributed by atoms with Crippen molar-refractivity contribution in [3.05, 3.63) is 29.8 Å². The third-order valence-corrected chi connectivity index (χ3v) is 2.46. The van der Waals surface area contributed by atoms with Crippen LogP contribution in [0.4, 0.5) is 0 Å². The molecule has 0 aliphatic heterocycles. The van der Waals surface area contributed by atoms with Crippen LogP contribution in [0.25, 0.3) is 0 Å². The molecule has 0 spiro atoms. The van der Waals surface area contributed by atoms with Gasteiger partial charge in [-0.1, -0.05) is 12.1 Å². The molecule has 0 heterocycles. The minimum absolute atomic E-state index is 0.134. The van der Waals surface area contributed by atoms with Crippen molar-refractivity contribution in [2.24, 2.45) is 0 Å². The predicted octanol–water partition coefficient (Wildman–Crippen LogP) is 2.09. The highest BCUT2D eigenvalue weighted by molar-refractivity contribution is 5.81. The maximum atomic E-state index is 11.7. The van der Waals surface area contributed by atoms with Crippen LogP contribution in [-0.4, -0.2) is 30.6 Å². The number of amides is 1. The molecule has 1 aromatic carbocycles. The van der Waals surface area contributed by atoms with E-state index < -0.39 is 5.97 Å². The molecule has 1 amide bonds. The zero-order valence-corrected chi connectivity index (χ0v) is 13.1. The summed E-state index contributed by atoms with van der Waals surface area (Å²) in [6, 6.07) is 7.22. The van der Waals surface area contributed by atoms with E-state index in [0.29, 0.717) is 6.61 Å². The van der Waals surface area contributed by atoms with Crippen LogP contribution in [-0.2, 0) is 20.7 Å². The second-order valence-corrected chi connectivity index (χ2v) is 5.71. The summed E-state index contributed by atoms with van der Waals surface area (Å²) in [5.41, 5.74) is 0.484. The van der Waals surface area contributed by atoms with E-state index in [0.717, 1.165) is 11.3 Å². The summed E-state index contributed by atoms with van der Waals surface area (Å²) in [5.74, 6) is 0.0323. The normalized spacial score (nSPS) is 10.9. The van der Waals surface area contributed by atoms with Gasteiger partial charge >= 0.3 is 5.97 Å². The number of ether oxygens (including phenoxy) is 2. The molecule has 5 nitrogen and oxygen atoms in total. The molecule has 0 fully saturated rings. The van der Waals surface area contributed by atoms with Crippen molar-refractivity contribution in [3.63, 3.8) is 0 Å². The average Bonchev–Trinajstić information content (AvgIpc) is 2.37. The fourth-order valence-corrected chi connectivity index (χ4v) is 1.69. The van der Waals surface area contributed by atoms with Crippen LogP contribution in [0.5, 0.6) is 5.75 Å². The molecule has 21 heavy (non-hydrogen) atoms. The molecule has 0 saturated carbocycles. The molecular formula is C16H23NO4. The van der Waals surface area contributed by atoms with E-state index in [-0.39, 0.29) is 24.5 Å². The van der Waals surface area contributed by atoms with Gasteiger partial charge in [0.15, 0.2) is 6.61 Å². The number of benzene rings is 1. The van der Waals surface area contributed by atoms with Crippen molar-refractivity contribution in [3.8, 4) is 5.75 Å². The maximum Gasteiger partial charge on any atom is 0.310 e. The number of carbonyl (C=O) groups excluding carboxylic acids is 2. The number of rotatable bonds is 6. The van der Waals surface area contributed by atoms with Crippen molar-refractivity contribution < 1.29 is 19.1 Å². The lowest BCUT2D eigenvalue weighted by atomic mass is 10.1. The molecule has 0 aromatic heterocycles. The van der Waals surface area contributed by atoms with Gasteiger partial charge in [-0.05, 0) is 45.4 Å². The van der Waals surface area contributed by atoms with Crippen molar-refractivity contribution >= 4 is 11.9 Å². The third kappa shape index (κ3) is 7.34. The second-order valence-electron chi connectivity index (χ2n) is 5.71. The molecule has 1 N–H and O–H groups in total. The summed E-state index contributed by atoms with van der Waals surface area (Å²) in [5, 5.41) is 2.73. The smallest absolute Gasteiger partial charge is 0.310 e. The molecule has 0 saturated heterocycles. The first-order valence-electron chi connectivity index (χ1n) is 6.98. The van der Waals surface area contributed by atoms with Gasteiger partial charge in [0.2, 0.25) is 0 Å². The minimum Gasteiger partial charge on any atom is -0.494 e. The maximum absolute atomic E-state index is 11.7.